The summed E-state index contributed by atoms with van der Waals surface area (Å²) in [5.41, 5.74) is 3.01. The number of pyridine rings is 1. The van der Waals surface area contributed by atoms with E-state index in [0.29, 0.717) is 6.42 Å². The average Bonchev–Trinajstić information content (AvgIpc) is 3.07. The second kappa shape index (κ2) is 4.58. The maximum atomic E-state index is 8.73. The lowest BCUT2D eigenvalue weighted by atomic mass is 10.1. The fraction of sp³-hybridized carbons (Fsp3) is 0.214. The summed E-state index contributed by atoms with van der Waals surface area (Å²) in [6.45, 7) is 1.98. The molecule has 0 aromatic carbocycles. The minimum absolute atomic E-state index is 0.0855. The van der Waals surface area contributed by atoms with Crippen molar-refractivity contribution >= 4 is 11.0 Å². The average molecular weight is 251 g/mol. The highest BCUT2D eigenvalue weighted by atomic mass is 15.3. The maximum absolute atomic E-state index is 8.73. The Bertz CT molecular complexity index is 746. The zero-order valence-electron chi connectivity index (χ0n) is 10.5. The molecule has 0 aliphatic carbocycles. The van der Waals surface area contributed by atoms with E-state index in [1.54, 1.807) is 6.20 Å². The van der Waals surface area contributed by atoms with Gasteiger partial charge in [-0.2, -0.15) is 10.4 Å². The molecule has 0 saturated heterocycles. The minimum atomic E-state index is 0.0855. The van der Waals surface area contributed by atoms with Gasteiger partial charge in [0, 0.05) is 29.5 Å². The first-order valence-corrected chi connectivity index (χ1v) is 6.13. The lowest BCUT2D eigenvalue weighted by Crippen LogP contribution is -2.03. The zero-order chi connectivity index (χ0) is 13.2. The summed E-state index contributed by atoms with van der Waals surface area (Å²) in [6, 6.07) is 6.24. The van der Waals surface area contributed by atoms with E-state index >= 15 is 0 Å². The molecular formula is C14H13N5. The third-order valence-corrected chi connectivity index (χ3v) is 3.21. The molecule has 0 amide bonds. The van der Waals surface area contributed by atoms with Gasteiger partial charge in [0.25, 0.3) is 0 Å². The van der Waals surface area contributed by atoms with Crippen LogP contribution in [0.4, 0.5) is 0 Å². The first kappa shape index (κ1) is 11.5. The number of rotatable bonds is 3. The molecule has 1 unspecified atom stereocenters. The lowest BCUT2D eigenvalue weighted by Gasteiger charge is -2.06. The van der Waals surface area contributed by atoms with Gasteiger partial charge in [-0.3, -0.25) is 4.68 Å². The smallest absolute Gasteiger partial charge is 0.137 e. The molecule has 0 saturated carbocycles. The van der Waals surface area contributed by atoms with Gasteiger partial charge in [-0.25, -0.2) is 4.98 Å². The summed E-state index contributed by atoms with van der Waals surface area (Å²) in [5, 5.41) is 14.1. The molecule has 5 nitrogen and oxygen atoms in total. The number of aromatic nitrogens is 4. The number of nitrogens with one attached hydrogen (secondary N) is 1. The standard InChI is InChI=1S/C14H13N5/c1-10(2-5-15)19-9-11(8-18-19)12-3-6-16-14-13(12)4-7-17-14/h3-4,6-10H,2H2,1H3,(H,16,17). The van der Waals surface area contributed by atoms with Crippen LogP contribution in [0.2, 0.25) is 0 Å². The Kier molecular flexibility index (Phi) is 2.76. The lowest BCUT2D eigenvalue weighted by molar-refractivity contribution is 0.500. The molecule has 0 radical (unpaired) electrons. The summed E-state index contributed by atoms with van der Waals surface area (Å²) in [7, 11) is 0. The molecule has 0 spiro atoms. The first-order chi connectivity index (χ1) is 9.29. The van der Waals surface area contributed by atoms with Gasteiger partial charge in [0.15, 0.2) is 0 Å². The summed E-state index contributed by atoms with van der Waals surface area (Å²) in [6.07, 6.45) is 7.92. The molecule has 3 aromatic rings. The van der Waals surface area contributed by atoms with Crippen LogP contribution in [0.25, 0.3) is 22.2 Å². The zero-order valence-corrected chi connectivity index (χ0v) is 10.5. The van der Waals surface area contributed by atoms with Crippen LogP contribution in [0.3, 0.4) is 0 Å². The maximum Gasteiger partial charge on any atom is 0.137 e. The number of hydrogen-bond donors (Lipinski definition) is 1. The van der Waals surface area contributed by atoms with Crippen molar-refractivity contribution in [3.63, 3.8) is 0 Å². The predicted molar refractivity (Wildman–Crippen MR) is 72.3 cm³/mol. The van der Waals surface area contributed by atoms with Crippen LogP contribution in [0.5, 0.6) is 0 Å². The monoisotopic (exact) mass is 251 g/mol. The van der Waals surface area contributed by atoms with E-state index in [1.807, 2.05) is 42.3 Å². The largest absolute Gasteiger partial charge is 0.346 e. The Morgan fingerprint density at radius 2 is 2.37 bits per heavy atom. The third-order valence-electron chi connectivity index (χ3n) is 3.21. The summed E-state index contributed by atoms with van der Waals surface area (Å²) >= 11 is 0. The Morgan fingerprint density at radius 1 is 1.47 bits per heavy atom. The van der Waals surface area contributed by atoms with Crippen LogP contribution in [-0.2, 0) is 0 Å². The van der Waals surface area contributed by atoms with E-state index < -0.39 is 0 Å². The molecule has 0 aliphatic heterocycles. The molecule has 1 N–H and O–H groups in total. The van der Waals surface area contributed by atoms with Gasteiger partial charge in [-0.15, -0.1) is 0 Å². The Balaban J connectivity index is 2.03. The first-order valence-electron chi connectivity index (χ1n) is 6.13. The van der Waals surface area contributed by atoms with Gasteiger partial charge in [-0.05, 0) is 24.6 Å². The van der Waals surface area contributed by atoms with Gasteiger partial charge < -0.3 is 4.98 Å². The van der Waals surface area contributed by atoms with Crippen molar-refractivity contribution in [1.29, 1.82) is 5.26 Å². The van der Waals surface area contributed by atoms with Crippen LogP contribution in [0.1, 0.15) is 19.4 Å². The fourth-order valence-electron chi connectivity index (χ4n) is 2.16. The van der Waals surface area contributed by atoms with Crippen molar-refractivity contribution in [1.82, 2.24) is 19.7 Å². The topological polar surface area (TPSA) is 70.3 Å². The molecule has 3 heterocycles. The molecule has 1 atom stereocenters. The highest BCUT2D eigenvalue weighted by molar-refractivity contribution is 5.92. The van der Waals surface area contributed by atoms with E-state index in [9.17, 15) is 0 Å². The van der Waals surface area contributed by atoms with Crippen molar-refractivity contribution in [3.8, 4) is 17.2 Å². The fourth-order valence-corrected chi connectivity index (χ4v) is 2.16. The second-order valence-electron chi connectivity index (χ2n) is 4.52. The Hall–Kier alpha value is -2.61. The highest BCUT2D eigenvalue weighted by Gasteiger charge is 2.10. The quantitative estimate of drug-likeness (QED) is 0.778. The molecule has 94 valence electrons. The van der Waals surface area contributed by atoms with Crippen molar-refractivity contribution < 1.29 is 0 Å². The van der Waals surface area contributed by atoms with Crippen molar-refractivity contribution in [3.05, 3.63) is 36.9 Å². The van der Waals surface area contributed by atoms with Crippen molar-refractivity contribution in [2.75, 3.05) is 0 Å². The molecule has 5 heteroatoms. The van der Waals surface area contributed by atoms with Crippen molar-refractivity contribution in [2.45, 2.75) is 19.4 Å². The van der Waals surface area contributed by atoms with E-state index in [0.717, 1.165) is 22.2 Å². The number of hydrogen-bond acceptors (Lipinski definition) is 3. The van der Waals surface area contributed by atoms with Crippen LogP contribution >= 0.6 is 0 Å². The molecule has 0 bridgehead atoms. The normalized spacial score (nSPS) is 12.4. The Labute approximate surface area is 110 Å². The molecular weight excluding hydrogens is 238 g/mol. The van der Waals surface area contributed by atoms with Crippen LogP contribution in [0, 0.1) is 11.3 Å². The van der Waals surface area contributed by atoms with E-state index in [2.05, 4.69) is 21.1 Å². The van der Waals surface area contributed by atoms with Gasteiger partial charge >= 0.3 is 0 Å². The number of aromatic amines is 1. The molecule has 3 rings (SSSR count). The molecule has 0 aliphatic rings. The Morgan fingerprint density at radius 3 is 3.21 bits per heavy atom. The van der Waals surface area contributed by atoms with Crippen LogP contribution < -0.4 is 0 Å². The van der Waals surface area contributed by atoms with Crippen molar-refractivity contribution in [2.24, 2.45) is 0 Å². The van der Waals surface area contributed by atoms with Crippen LogP contribution in [0.15, 0.2) is 36.9 Å². The molecule has 19 heavy (non-hydrogen) atoms. The molecule has 3 aromatic heterocycles. The van der Waals surface area contributed by atoms with Gasteiger partial charge in [0.1, 0.15) is 5.65 Å². The van der Waals surface area contributed by atoms with Gasteiger partial charge in [0.05, 0.1) is 24.7 Å². The number of H-pyrrole nitrogens is 1. The minimum Gasteiger partial charge on any atom is -0.346 e. The number of fused-ring (bicyclic) bond motifs is 1. The summed E-state index contributed by atoms with van der Waals surface area (Å²) in [4.78, 5) is 7.37. The summed E-state index contributed by atoms with van der Waals surface area (Å²) < 4.78 is 1.83. The summed E-state index contributed by atoms with van der Waals surface area (Å²) in [5.74, 6) is 0. The third kappa shape index (κ3) is 1.97. The predicted octanol–water partition coefficient (Wildman–Crippen LogP) is 2.90. The van der Waals surface area contributed by atoms with E-state index in [1.165, 1.54) is 0 Å². The van der Waals surface area contributed by atoms with Gasteiger partial charge in [0.2, 0.25) is 0 Å². The number of nitriles is 1. The number of nitrogens with zero attached hydrogens (tertiary/aromatic N) is 4. The van der Waals surface area contributed by atoms with E-state index in [4.69, 9.17) is 5.26 Å². The SMILES string of the molecule is CC(CC#N)n1cc(-c2ccnc3[nH]ccc23)cn1. The van der Waals surface area contributed by atoms with Crippen LogP contribution in [-0.4, -0.2) is 19.7 Å². The highest BCUT2D eigenvalue weighted by Crippen LogP contribution is 2.27. The van der Waals surface area contributed by atoms with E-state index in [-0.39, 0.29) is 6.04 Å². The second-order valence-corrected chi connectivity index (χ2v) is 4.52. The van der Waals surface area contributed by atoms with Gasteiger partial charge in [-0.1, -0.05) is 0 Å². The molecule has 0 fully saturated rings.